The van der Waals surface area contributed by atoms with Gasteiger partial charge in [-0.1, -0.05) is 79.9 Å². The molecule has 4 aromatic rings. The van der Waals surface area contributed by atoms with E-state index in [1.807, 2.05) is 12.1 Å². The highest BCUT2D eigenvalue weighted by molar-refractivity contribution is 5.82. The molecule has 1 aliphatic rings. The van der Waals surface area contributed by atoms with Crippen molar-refractivity contribution < 1.29 is 4.74 Å². The summed E-state index contributed by atoms with van der Waals surface area (Å²) in [7, 11) is 1.71. The summed E-state index contributed by atoms with van der Waals surface area (Å²) in [6, 6.07) is 30.1. The fraction of sp³-hybridized carbons (Fsp3) is 0.250. The summed E-state index contributed by atoms with van der Waals surface area (Å²) in [5, 5.41) is 0. The quantitative estimate of drug-likeness (QED) is 0.344. The lowest BCUT2D eigenvalue weighted by Gasteiger charge is -2.27. The zero-order valence-electron chi connectivity index (χ0n) is 18.0. The van der Waals surface area contributed by atoms with E-state index in [4.69, 9.17) is 9.72 Å². The molecule has 1 aliphatic carbocycles. The van der Waals surface area contributed by atoms with Gasteiger partial charge in [0.1, 0.15) is 11.6 Å². The van der Waals surface area contributed by atoms with Crippen molar-refractivity contribution in [3.8, 4) is 39.7 Å². The third-order valence-electron chi connectivity index (χ3n) is 6.29. The van der Waals surface area contributed by atoms with Crippen LogP contribution in [-0.4, -0.2) is 16.7 Å². The van der Waals surface area contributed by atoms with Gasteiger partial charge in [0.05, 0.1) is 18.5 Å². The molecule has 0 amide bonds. The van der Waals surface area contributed by atoms with E-state index in [0.717, 1.165) is 28.4 Å². The number of rotatable bonds is 5. The van der Waals surface area contributed by atoms with Gasteiger partial charge in [0.25, 0.3) is 0 Å². The van der Waals surface area contributed by atoms with E-state index < -0.39 is 0 Å². The molecule has 0 spiro atoms. The number of hydrogen-bond acceptors (Lipinski definition) is 2. The number of aromatic nitrogens is 2. The average molecular weight is 409 g/mol. The van der Waals surface area contributed by atoms with Gasteiger partial charge in [-0.25, -0.2) is 4.98 Å². The van der Waals surface area contributed by atoms with Crippen LogP contribution in [0.25, 0.3) is 33.9 Å². The number of imidazole rings is 1. The lowest BCUT2D eigenvalue weighted by Crippen LogP contribution is -2.15. The molecule has 156 valence electrons. The van der Waals surface area contributed by atoms with E-state index in [1.165, 1.54) is 43.4 Å². The van der Waals surface area contributed by atoms with Gasteiger partial charge in [-0.15, -0.1) is 0 Å². The molecule has 3 nitrogen and oxygen atoms in total. The lowest BCUT2D eigenvalue weighted by molar-refractivity contribution is 0.358. The molecule has 0 unspecified atom stereocenters. The molecule has 31 heavy (non-hydrogen) atoms. The SMILES string of the molecule is COc1ccc(-c2nc(-c3ccccc3)c(-c3ccccc3)n2C2CCCCC2)cc1. The molecule has 0 atom stereocenters. The van der Waals surface area contributed by atoms with Gasteiger partial charge in [-0.3, -0.25) is 0 Å². The number of ether oxygens (including phenoxy) is 1. The van der Waals surface area contributed by atoms with Crippen LogP contribution < -0.4 is 4.74 Å². The van der Waals surface area contributed by atoms with E-state index in [1.54, 1.807) is 7.11 Å². The van der Waals surface area contributed by atoms with Crippen molar-refractivity contribution in [3.63, 3.8) is 0 Å². The molecule has 0 aliphatic heterocycles. The minimum atomic E-state index is 0.464. The van der Waals surface area contributed by atoms with E-state index in [9.17, 15) is 0 Å². The van der Waals surface area contributed by atoms with Crippen LogP contribution in [0.1, 0.15) is 38.1 Å². The third kappa shape index (κ3) is 3.88. The first-order valence-electron chi connectivity index (χ1n) is 11.2. The van der Waals surface area contributed by atoms with Crippen molar-refractivity contribution in [1.82, 2.24) is 9.55 Å². The van der Waals surface area contributed by atoms with Crippen molar-refractivity contribution in [2.24, 2.45) is 0 Å². The highest BCUT2D eigenvalue weighted by Gasteiger charge is 2.27. The molecule has 1 fully saturated rings. The van der Waals surface area contributed by atoms with Crippen LogP contribution in [-0.2, 0) is 0 Å². The van der Waals surface area contributed by atoms with Gasteiger partial charge >= 0.3 is 0 Å². The largest absolute Gasteiger partial charge is 0.497 e. The Morgan fingerprint density at radius 1 is 0.710 bits per heavy atom. The first kappa shape index (κ1) is 19.6. The van der Waals surface area contributed by atoms with E-state index >= 15 is 0 Å². The molecule has 0 saturated heterocycles. The van der Waals surface area contributed by atoms with E-state index in [-0.39, 0.29) is 0 Å². The van der Waals surface area contributed by atoms with Crippen molar-refractivity contribution in [2.45, 2.75) is 38.1 Å². The van der Waals surface area contributed by atoms with Gasteiger partial charge in [0, 0.05) is 22.7 Å². The van der Waals surface area contributed by atoms with Crippen molar-refractivity contribution in [2.75, 3.05) is 7.11 Å². The first-order chi connectivity index (χ1) is 15.3. The summed E-state index contributed by atoms with van der Waals surface area (Å²) in [6.07, 6.45) is 6.29. The monoisotopic (exact) mass is 408 g/mol. The summed E-state index contributed by atoms with van der Waals surface area (Å²) in [4.78, 5) is 5.28. The van der Waals surface area contributed by atoms with Crippen LogP contribution in [0.2, 0.25) is 0 Å². The predicted octanol–water partition coefficient (Wildman–Crippen LogP) is 7.40. The maximum atomic E-state index is 5.39. The summed E-state index contributed by atoms with van der Waals surface area (Å²) in [5.74, 6) is 1.92. The normalized spacial score (nSPS) is 14.5. The smallest absolute Gasteiger partial charge is 0.141 e. The molecule has 5 rings (SSSR count). The summed E-state index contributed by atoms with van der Waals surface area (Å²) >= 11 is 0. The molecule has 1 saturated carbocycles. The average Bonchev–Trinajstić information content (AvgIpc) is 3.26. The number of hydrogen-bond donors (Lipinski definition) is 0. The third-order valence-corrected chi connectivity index (χ3v) is 6.29. The molecule has 0 bridgehead atoms. The number of nitrogens with zero attached hydrogens (tertiary/aromatic N) is 2. The van der Waals surface area contributed by atoms with Crippen LogP contribution in [0.5, 0.6) is 5.75 Å². The summed E-state index contributed by atoms with van der Waals surface area (Å²) in [6.45, 7) is 0. The van der Waals surface area contributed by atoms with Crippen LogP contribution in [0, 0.1) is 0 Å². The van der Waals surface area contributed by atoms with Crippen LogP contribution >= 0.6 is 0 Å². The van der Waals surface area contributed by atoms with Gasteiger partial charge in [-0.2, -0.15) is 0 Å². The Morgan fingerprint density at radius 3 is 1.94 bits per heavy atom. The molecule has 1 aromatic heterocycles. The second-order valence-electron chi connectivity index (χ2n) is 8.26. The van der Waals surface area contributed by atoms with Gasteiger partial charge in [0.15, 0.2) is 0 Å². The molecular formula is C28H28N2O. The Bertz CT molecular complexity index is 1130. The molecule has 0 radical (unpaired) electrons. The van der Waals surface area contributed by atoms with Crippen LogP contribution in [0.3, 0.4) is 0 Å². The zero-order chi connectivity index (χ0) is 21.0. The second-order valence-corrected chi connectivity index (χ2v) is 8.26. The standard InChI is InChI=1S/C28H28N2O/c1-31-25-19-17-23(18-20-25)28-29-26(21-11-5-2-6-12-21)27(22-13-7-3-8-14-22)30(28)24-15-9-4-10-16-24/h2-3,5-8,11-14,17-20,24H,4,9-10,15-16H2,1H3. The minimum Gasteiger partial charge on any atom is -0.497 e. The van der Waals surface area contributed by atoms with Crippen molar-refractivity contribution in [1.29, 1.82) is 0 Å². The fourth-order valence-electron chi connectivity index (χ4n) is 4.74. The maximum absolute atomic E-state index is 5.39. The lowest BCUT2D eigenvalue weighted by atomic mass is 9.94. The Morgan fingerprint density at radius 2 is 1.32 bits per heavy atom. The Kier molecular flexibility index (Phi) is 5.57. The number of benzene rings is 3. The van der Waals surface area contributed by atoms with Gasteiger partial charge in [-0.05, 0) is 37.1 Å². The minimum absolute atomic E-state index is 0.464. The van der Waals surface area contributed by atoms with Gasteiger partial charge in [0.2, 0.25) is 0 Å². The zero-order valence-corrected chi connectivity index (χ0v) is 18.0. The van der Waals surface area contributed by atoms with Crippen LogP contribution in [0.15, 0.2) is 84.9 Å². The molecule has 3 aromatic carbocycles. The molecule has 3 heteroatoms. The summed E-state index contributed by atoms with van der Waals surface area (Å²) < 4.78 is 7.92. The summed E-state index contributed by atoms with van der Waals surface area (Å²) in [5.41, 5.74) is 5.79. The van der Waals surface area contributed by atoms with Crippen molar-refractivity contribution in [3.05, 3.63) is 84.9 Å². The Hall–Kier alpha value is -3.33. The second kappa shape index (κ2) is 8.81. The molecule has 0 N–H and O–H groups in total. The predicted molar refractivity (Wildman–Crippen MR) is 127 cm³/mol. The topological polar surface area (TPSA) is 27.1 Å². The van der Waals surface area contributed by atoms with E-state index in [0.29, 0.717) is 6.04 Å². The molecular weight excluding hydrogens is 380 g/mol. The van der Waals surface area contributed by atoms with E-state index in [2.05, 4.69) is 77.4 Å². The first-order valence-corrected chi connectivity index (χ1v) is 11.2. The number of methoxy groups -OCH3 is 1. The fourth-order valence-corrected chi connectivity index (χ4v) is 4.74. The van der Waals surface area contributed by atoms with Gasteiger partial charge < -0.3 is 9.30 Å². The maximum Gasteiger partial charge on any atom is 0.141 e. The Balaban J connectivity index is 1.77. The highest BCUT2D eigenvalue weighted by Crippen LogP contribution is 2.42. The van der Waals surface area contributed by atoms with Crippen molar-refractivity contribution >= 4 is 0 Å². The Labute approximate surface area is 184 Å². The molecule has 1 heterocycles. The van der Waals surface area contributed by atoms with Crippen LogP contribution in [0.4, 0.5) is 0 Å². The highest BCUT2D eigenvalue weighted by atomic mass is 16.5.